The standard InChI is InChI=1S/C19H25F3N4OS/c1-3-23-18(25-10-17-26-16(13-28-17)19(20,21)22)24-9-14(2)11-27-12-15-7-5-4-6-8-15/h4-8,13-14H,3,9-12H2,1-2H3,(H2,23,24,25). The molecular weight excluding hydrogens is 389 g/mol. The van der Waals surface area contributed by atoms with Crippen LogP contribution in [0.1, 0.15) is 30.1 Å². The van der Waals surface area contributed by atoms with Crippen LogP contribution in [-0.4, -0.2) is 30.6 Å². The lowest BCUT2D eigenvalue weighted by atomic mass is 10.2. The lowest BCUT2D eigenvalue weighted by Crippen LogP contribution is -2.40. The number of hydrogen-bond donors (Lipinski definition) is 2. The van der Waals surface area contributed by atoms with Crippen LogP contribution < -0.4 is 10.6 Å². The van der Waals surface area contributed by atoms with E-state index in [2.05, 4.69) is 27.5 Å². The van der Waals surface area contributed by atoms with Crippen LogP contribution >= 0.6 is 11.3 Å². The van der Waals surface area contributed by atoms with Crippen LogP contribution in [0.25, 0.3) is 0 Å². The maximum Gasteiger partial charge on any atom is 0.434 e. The normalized spacial score (nSPS) is 13.4. The SMILES string of the molecule is CCNC(=NCc1nc(C(F)(F)F)cs1)NCC(C)COCc1ccccc1. The van der Waals surface area contributed by atoms with Crippen LogP contribution in [0.2, 0.25) is 0 Å². The molecule has 0 amide bonds. The summed E-state index contributed by atoms with van der Waals surface area (Å²) >= 11 is 0.956. The van der Waals surface area contributed by atoms with Gasteiger partial charge in [0.2, 0.25) is 0 Å². The van der Waals surface area contributed by atoms with E-state index in [4.69, 9.17) is 4.74 Å². The van der Waals surface area contributed by atoms with Gasteiger partial charge in [0.15, 0.2) is 11.7 Å². The van der Waals surface area contributed by atoms with Crippen molar-refractivity contribution in [2.24, 2.45) is 10.9 Å². The minimum atomic E-state index is -4.42. The first-order valence-corrected chi connectivity index (χ1v) is 9.92. The van der Waals surface area contributed by atoms with Crippen molar-refractivity contribution in [3.05, 3.63) is 52.0 Å². The van der Waals surface area contributed by atoms with E-state index < -0.39 is 11.9 Å². The summed E-state index contributed by atoms with van der Waals surface area (Å²) in [5.41, 5.74) is 0.254. The predicted molar refractivity (Wildman–Crippen MR) is 105 cm³/mol. The Hall–Kier alpha value is -2.13. The molecule has 0 saturated heterocycles. The molecule has 5 nitrogen and oxygen atoms in total. The van der Waals surface area contributed by atoms with Gasteiger partial charge in [-0.3, -0.25) is 0 Å². The van der Waals surface area contributed by atoms with E-state index >= 15 is 0 Å². The van der Waals surface area contributed by atoms with Gasteiger partial charge in [-0.15, -0.1) is 11.3 Å². The van der Waals surface area contributed by atoms with Gasteiger partial charge < -0.3 is 15.4 Å². The Labute approximate surface area is 167 Å². The van der Waals surface area contributed by atoms with E-state index in [1.165, 1.54) is 0 Å². The molecule has 1 atom stereocenters. The number of nitrogens with zero attached hydrogens (tertiary/aromatic N) is 2. The molecule has 1 unspecified atom stereocenters. The number of ether oxygens (including phenoxy) is 1. The van der Waals surface area contributed by atoms with Gasteiger partial charge in [-0.05, 0) is 18.4 Å². The van der Waals surface area contributed by atoms with Gasteiger partial charge in [-0.2, -0.15) is 13.2 Å². The minimum Gasteiger partial charge on any atom is -0.376 e. The molecule has 0 bridgehead atoms. The average molecular weight is 414 g/mol. The van der Waals surface area contributed by atoms with Gasteiger partial charge >= 0.3 is 6.18 Å². The summed E-state index contributed by atoms with van der Waals surface area (Å²) in [4.78, 5) is 7.90. The molecule has 0 spiro atoms. The van der Waals surface area contributed by atoms with Crippen molar-refractivity contribution >= 4 is 17.3 Å². The average Bonchev–Trinajstić information content (AvgIpc) is 3.14. The van der Waals surface area contributed by atoms with Crippen molar-refractivity contribution in [1.82, 2.24) is 15.6 Å². The number of nitrogens with one attached hydrogen (secondary N) is 2. The summed E-state index contributed by atoms with van der Waals surface area (Å²) in [6.07, 6.45) is -4.42. The largest absolute Gasteiger partial charge is 0.434 e. The maximum atomic E-state index is 12.6. The number of aliphatic imine (C=N–C) groups is 1. The molecule has 2 N–H and O–H groups in total. The Morgan fingerprint density at radius 3 is 2.64 bits per heavy atom. The fraction of sp³-hybridized carbons (Fsp3) is 0.474. The first-order chi connectivity index (χ1) is 13.4. The number of guanidine groups is 1. The highest BCUT2D eigenvalue weighted by Crippen LogP contribution is 2.30. The van der Waals surface area contributed by atoms with Crippen molar-refractivity contribution in [3.63, 3.8) is 0 Å². The third-order valence-corrected chi connectivity index (χ3v) is 4.52. The third kappa shape index (κ3) is 7.85. The van der Waals surface area contributed by atoms with E-state index in [1.54, 1.807) is 0 Å². The Morgan fingerprint density at radius 1 is 1.25 bits per heavy atom. The molecule has 2 aromatic rings. The van der Waals surface area contributed by atoms with Gasteiger partial charge in [0.1, 0.15) is 5.01 Å². The zero-order valence-electron chi connectivity index (χ0n) is 15.9. The lowest BCUT2D eigenvalue weighted by molar-refractivity contribution is -0.140. The van der Waals surface area contributed by atoms with Gasteiger partial charge in [0, 0.05) is 18.5 Å². The van der Waals surface area contributed by atoms with Crippen LogP contribution in [-0.2, 0) is 24.1 Å². The van der Waals surface area contributed by atoms with Crippen molar-refractivity contribution < 1.29 is 17.9 Å². The van der Waals surface area contributed by atoms with Crippen molar-refractivity contribution in [2.75, 3.05) is 19.7 Å². The van der Waals surface area contributed by atoms with Gasteiger partial charge in [-0.25, -0.2) is 9.98 Å². The smallest absolute Gasteiger partial charge is 0.376 e. The molecule has 154 valence electrons. The highest BCUT2D eigenvalue weighted by molar-refractivity contribution is 7.09. The summed E-state index contributed by atoms with van der Waals surface area (Å²) in [7, 11) is 0. The summed E-state index contributed by atoms with van der Waals surface area (Å²) in [6, 6.07) is 9.95. The molecule has 1 aromatic heterocycles. The monoisotopic (exact) mass is 414 g/mol. The van der Waals surface area contributed by atoms with Crippen molar-refractivity contribution in [1.29, 1.82) is 0 Å². The van der Waals surface area contributed by atoms with E-state index in [-0.39, 0.29) is 12.5 Å². The quantitative estimate of drug-likeness (QED) is 0.480. The minimum absolute atomic E-state index is 0.0922. The Morgan fingerprint density at radius 2 is 2.00 bits per heavy atom. The fourth-order valence-corrected chi connectivity index (χ4v) is 3.01. The molecule has 2 rings (SSSR count). The van der Waals surface area contributed by atoms with Gasteiger partial charge in [0.05, 0.1) is 19.8 Å². The van der Waals surface area contributed by atoms with Crippen LogP contribution in [0.3, 0.4) is 0 Å². The highest BCUT2D eigenvalue weighted by Gasteiger charge is 2.33. The number of alkyl halides is 3. The van der Waals surface area contributed by atoms with Crippen LogP contribution in [0.4, 0.5) is 13.2 Å². The molecular formula is C19H25F3N4OS. The first-order valence-electron chi connectivity index (χ1n) is 9.04. The Kier molecular flexibility index (Phi) is 8.72. The molecule has 0 saturated carbocycles. The van der Waals surface area contributed by atoms with E-state index in [0.29, 0.717) is 37.3 Å². The van der Waals surface area contributed by atoms with Crippen molar-refractivity contribution in [2.45, 2.75) is 33.2 Å². The summed E-state index contributed by atoms with van der Waals surface area (Å²) in [5.74, 6) is 0.783. The number of halogens is 3. The molecule has 0 aliphatic heterocycles. The molecule has 0 aliphatic carbocycles. The Balaban J connectivity index is 1.77. The zero-order valence-corrected chi connectivity index (χ0v) is 16.7. The number of hydrogen-bond acceptors (Lipinski definition) is 4. The number of benzene rings is 1. The number of thiazole rings is 1. The maximum absolute atomic E-state index is 12.6. The van der Waals surface area contributed by atoms with Gasteiger partial charge in [0.25, 0.3) is 0 Å². The summed E-state index contributed by atoms with van der Waals surface area (Å²) < 4.78 is 43.6. The van der Waals surface area contributed by atoms with E-state index in [1.807, 2.05) is 37.3 Å². The second kappa shape index (κ2) is 11.0. The number of aromatic nitrogens is 1. The Bertz CT molecular complexity index is 734. The lowest BCUT2D eigenvalue weighted by Gasteiger charge is -2.16. The topological polar surface area (TPSA) is 58.5 Å². The van der Waals surface area contributed by atoms with E-state index in [0.717, 1.165) is 22.3 Å². The van der Waals surface area contributed by atoms with Crippen molar-refractivity contribution in [3.8, 4) is 0 Å². The third-order valence-electron chi connectivity index (χ3n) is 3.69. The molecule has 1 aromatic carbocycles. The highest BCUT2D eigenvalue weighted by atomic mass is 32.1. The fourth-order valence-electron chi connectivity index (χ4n) is 2.28. The summed E-state index contributed by atoms with van der Waals surface area (Å²) in [5, 5.41) is 7.60. The molecule has 28 heavy (non-hydrogen) atoms. The second-order valence-electron chi connectivity index (χ2n) is 6.31. The van der Waals surface area contributed by atoms with Gasteiger partial charge in [-0.1, -0.05) is 37.3 Å². The van der Waals surface area contributed by atoms with Crippen LogP contribution in [0, 0.1) is 5.92 Å². The predicted octanol–water partition coefficient (Wildman–Crippen LogP) is 4.07. The number of rotatable bonds is 9. The summed E-state index contributed by atoms with van der Waals surface area (Å²) in [6.45, 7) is 6.50. The van der Waals surface area contributed by atoms with Crippen LogP contribution in [0.5, 0.6) is 0 Å². The second-order valence-corrected chi connectivity index (χ2v) is 7.25. The zero-order chi connectivity index (χ0) is 20.4. The molecule has 1 heterocycles. The van der Waals surface area contributed by atoms with Crippen LogP contribution in [0.15, 0.2) is 40.7 Å². The molecule has 0 radical (unpaired) electrons. The first kappa shape index (κ1) is 22.2. The molecule has 0 aliphatic rings. The van der Waals surface area contributed by atoms with E-state index in [9.17, 15) is 13.2 Å². The molecule has 0 fully saturated rings. The molecule has 9 heteroatoms.